The monoisotopic (exact) mass is 573 g/mol. The molecular weight excluding hydrogens is 559 g/mol. The number of fused-ring (bicyclic) bond motifs is 1. The number of nitrogens with one attached hydrogen (secondary N) is 1. The van der Waals surface area contributed by atoms with Crippen LogP contribution in [0.25, 0.3) is 10.9 Å². The lowest BCUT2D eigenvalue weighted by Crippen LogP contribution is -2.30. The van der Waals surface area contributed by atoms with Crippen LogP contribution in [-0.4, -0.2) is 33.1 Å². The molecule has 1 amide bonds. The van der Waals surface area contributed by atoms with E-state index >= 15 is 0 Å². The van der Waals surface area contributed by atoms with Gasteiger partial charge in [0.15, 0.2) is 0 Å². The molecule has 204 valence electrons. The number of carbonyl (C=O) groups excluding carboxylic acids is 1. The minimum atomic E-state index is -5.08. The highest BCUT2D eigenvalue weighted by Crippen LogP contribution is 2.31. The Morgan fingerprint density at radius 1 is 0.897 bits per heavy atom. The molecule has 0 unspecified atom stereocenters. The number of carboxylic acid groups (broad SMARTS) is 1. The van der Waals surface area contributed by atoms with Gasteiger partial charge in [0.25, 0.3) is 5.91 Å². The minimum absolute atomic E-state index is 0.123. The van der Waals surface area contributed by atoms with Gasteiger partial charge in [0.1, 0.15) is 11.5 Å². The molecule has 14 heteroatoms. The highest BCUT2D eigenvalue weighted by molar-refractivity contribution is 6.35. The number of carboxylic acids is 1. The molecule has 2 aromatic heterocycles. The van der Waals surface area contributed by atoms with Crippen molar-refractivity contribution in [2.24, 2.45) is 0 Å². The number of nitrogens with zero attached hydrogens (tertiary/aromatic N) is 2. The molecule has 0 saturated carbocycles. The average Bonchev–Trinajstić information content (AvgIpc) is 2.87. The highest BCUT2D eigenvalue weighted by Gasteiger charge is 2.38. The number of hydrogen-bond acceptors (Lipinski definition) is 4. The fourth-order valence-corrected chi connectivity index (χ4v) is 3.47. The van der Waals surface area contributed by atoms with Crippen LogP contribution in [0.15, 0.2) is 73.1 Å². The third kappa shape index (κ3) is 7.41. The second-order valence-electron chi connectivity index (χ2n) is 7.72. The van der Waals surface area contributed by atoms with Gasteiger partial charge in [-0.3, -0.25) is 14.8 Å². The fraction of sp³-hybridized carbons (Fsp3) is 0.120. The molecule has 2 aromatic carbocycles. The number of carbonyl (C=O) groups is 2. The van der Waals surface area contributed by atoms with Crippen LogP contribution in [0.2, 0.25) is 5.02 Å². The minimum Gasteiger partial charge on any atom is -0.475 e. The number of aliphatic carboxylic acids is 1. The molecule has 1 atom stereocenters. The molecule has 0 aliphatic carbocycles. The first kappa shape index (κ1) is 29.3. The summed E-state index contributed by atoms with van der Waals surface area (Å²) in [7, 11) is 0. The Morgan fingerprint density at radius 2 is 1.54 bits per heavy atom. The lowest BCUT2D eigenvalue weighted by atomic mass is 10.00. The third-order valence-corrected chi connectivity index (χ3v) is 5.43. The van der Waals surface area contributed by atoms with Crippen molar-refractivity contribution in [2.75, 3.05) is 0 Å². The smallest absolute Gasteiger partial charge is 0.475 e. The third-order valence-electron chi connectivity index (χ3n) is 5.10. The summed E-state index contributed by atoms with van der Waals surface area (Å²) in [4.78, 5) is 30.0. The second-order valence-corrected chi connectivity index (χ2v) is 8.13. The molecule has 0 saturated heterocycles. The van der Waals surface area contributed by atoms with Crippen LogP contribution in [0.5, 0.6) is 0 Å². The largest absolute Gasteiger partial charge is 0.490 e. The van der Waals surface area contributed by atoms with Gasteiger partial charge in [-0.2, -0.15) is 26.3 Å². The van der Waals surface area contributed by atoms with Crippen LogP contribution < -0.4 is 5.32 Å². The molecule has 4 rings (SSSR count). The van der Waals surface area contributed by atoms with Crippen LogP contribution in [0.4, 0.5) is 30.7 Å². The van der Waals surface area contributed by atoms with E-state index in [0.29, 0.717) is 15.9 Å². The quantitative estimate of drug-likeness (QED) is 0.269. The van der Waals surface area contributed by atoms with Crippen molar-refractivity contribution < 1.29 is 45.4 Å². The molecule has 39 heavy (non-hydrogen) atoms. The van der Waals surface area contributed by atoms with Crippen LogP contribution in [0, 0.1) is 5.82 Å². The van der Waals surface area contributed by atoms with Crippen LogP contribution >= 0.6 is 11.6 Å². The maximum Gasteiger partial charge on any atom is 0.490 e. The maximum atomic E-state index is 14.5. The Balaban J connectivity index is 0.000000532. The van der Waals surface area contributed by atoms with E-state index in [-0.39, 0.29) is 16.8 Å². The van der Waals surface area contributed by atoms with Crippen LogP contribution in [-0.2, 0) is 11.0 Å². The molecule has 2 N–H and O–H groups in total. The van der Waals surface area contributed by atoms with Crippen molar-refractivity contribution in [1.29, 1.82) is 0 Å². The number of hydrogen-bond donors (Lipinski definition) is 2. The zero-order valence-corrected chi connectivity index (χ0v) is 19.9. The summed E-state index contributed by atoms with van der Waals surface area (Å²) < 4.78 is 85.0. The first-order chi connectivity index (χ1) is 18.2. The number of pyridine rings is 2. The lowest BCUT2D eigenvalue weighted by Gasteiger charge is -2.20. The van der Waals surface area contributed by atoms with E-state index < -0.39 is 41.7 Å². The Bertz CT molecular complexity index is 1490. The van der Waals surface area contributed by atoms with E-state index in [1.165, 1.54) is 42.7 Å². The van der Waals surface area contributed by atoms with Crippen molar-refractivity contribution in [3.63, 3.8) is 0 Å². The van der Waals surface area contributed by atoms with Gasteiger partial charge in [-0.05, 0) is 48.0 Å². The summed E-state index contributed by atoms with van der Waals surface area (Å²) >= 11 is 6.13. The first-order valence-corrected chi connectivity index (χ1v) is 11.0. The summed E-state index contributed by atoms with van der Waals surface area (Å²) in [6, 6.07) is 11.8. The average molecular weight is 574 g/mol. The van der Waals surface area contributed by atoms with Crippen LogP contribution in [0.3, 0.4) is 0 Å². The van der Waals surface area contributed by atoms with Crippen molar-refractivity contribution in [3.8, 4) is 0 Å². The summed E-state index contributed by atoms with van der Waals surface area (Å²) in [6.45, 7) is 0. The molecule has 0 bridgehead atoms. The molecule has 0 aliphatic rings. The fourth-order valence-electron chi connectivity index (χ4n) is 3.25. The normalized spacial score (nSPS) is 12.3. The van der Waals surface area contributed by atoms with Gasteiger partial charge >= 0.3 is 18.3 Å². The highest BCUT2D eigenvalue weighted by atomic mass is 35.5. The number of aromatic nitrogens is 2. The second kappa shape index (κ2) is 11.6. The molecule has 2 heterocycles. The van der Waals surface area contributed by atoms with Gasteiger partial charge in [-0.25, -0.2) is 9.18 Å². The molecule has 0 radical (unpaired) electrons. The molecule has 0 fully saturated rings. The van der Waals surface area contributed by atoms with Gasteiger partial charge < -0.3 is 10.4 Å². The molecule has 0 spiro atoms. The number of alkyl halides is 6. The van der Waals surface area contributed by atoms with E-state index in [2.05, 4.69) is 15.3 Å². The number of benzene rings is 2. The number of halogens is 8. The SMILES string of the molecule is O=C(N[C@@H](c1ccc(C(F)(F)F)cc1)c1ncccc1F)c1ccc2c(Cl)ccnc2c1.O=C(O)C(F)(F)F. The van der Waals surface area contributed by atoms with Gasteiger partial charge in [0, 0.05) is 23.3 Å². The van der Waals surface area contributed by atoms with Gasteiger partial charge in [0.2, 0.25) is 0 Å². The summed E-state index contributed by atoms with van der Waals surface area (Å²) in [5.41, 5.74) is -0.0282. The standard InChI is InChI=1S/C23H14ClF4N3O.C2HF3O2/c24-17-9-11-29-19-12-14(5-8-16(17)19)22(32)31-20(21-18(25)2-1-10-30-21)13-3-6-15(7-4-13)23(26,27)28;3-2(4,5)1(6)7/h1-12,20H,(H,31,32);(H,6,7)/t20-;/m0./s1. The van der Waals surface area contributed by atoms with E-state index in [0.717, 1.165) is 18.2 Å². The first-order valence-electron chi connectivity index (χ1n) is 10.6. The zero-order valence-electron chi connectivity index (χ0n) is 19.2. The molecule has 0 aliphatic heterocycles. The predicted molar refractivity (Wildman–Crippen MR) is 125 cm³/mol. The number of rotatable bonds is 4. The lowest BCUT2D eigenvalue weighted by molar-refractivity contribution is -0.192. The molecule has 4 aromatic rings. The summed E-state index contributed by atoms with van der Waals surface area (Å²) in [6.07, 6.45) is -6.77. The predicted octanol–water partition coefficient (Wildman–Crippen LogP) is 6.59. The van der Waals surface area contributed by atoms with E-state index in [4.69, 9.17) is 21.5 Å². The number of amides is 1. The van der Waals surface area contributed by atoms with Crippen molar-refractivity contribution in [1.82, 2.24) is 15.3 Å². The Morgan fingerprint density at radius 3 is 2.10 bits per heavy atom. The van der Waals surface area contributed by atoms with Crippen molar-refractivity contribution in [2.45, 2.75) is 18.4 Å². The van der Waals surface area contributed by atoms with Crippen molar-refractivity contribution in [3.05, 3.63) is 106 Å². The maximum absolute atomic E-state index is 14.5. The van der Waals surface area contributed by atoms with Crippen LogP contribution in [0.1, 0.15) is 33.2 Å². The summed E-state index contributed by atoms with van der Waals surface area (Å²) in [5, 5.41) is 10.9. The van der Waals surface area contributed by atoms with E-state index in [1.807, 2.05) is 0 Å². The Kier molecular flexibility index (Phi) is 8.74. The van der Waals surface area contributed by atoms with Gasteiger partial charge in [-0.15, -0.1) is 0 Å². The summed E-state index contributed by atoms with van der Waals surface area (Å²) in [5.74, 6) is -4.04. The van der Waals surface area contributed by atoms with E-state index in [1.54, 1.807) is 12.1 Å². The van der Waals surface area contributed by atoms with Gasteiger partial charge in [0.05, 0.1) is 22.1 Å². The molecular formula is C25H15ClF7N3O3. The van der Waals surface area contributed by atoms with Gasteiger partial charge in [-0.1, -0.05) is 29.8 Å². The van der Waals surface area contributed by atoms with E-state index in [9.17, 15) is 35.5 Å². The van der Waals surface area contributed by atoms with Crippen molar-refractivity contribution >= 4 is 34.4 Å². The Labute approximate surface area is 220 Å². The molecule has 6 nitrogen and oxygen atoms in total. The topological polar surface area (TPSA) is 92.2 Å². The Hall–Kier alpha value is -4.26. The zero-order chi connectivity index (χ0) is 29.0.